The van der Waals surface area contributed by atoms with Crippen LogP contribution in [0.5, 0.6) is 0 Å². The lowest BCUT2D eigenvalue weighted by molar-refractivity contribution is -0.142. The van der Waals surface area contributed by atoms with Crippen LogP contribution in [0.4, 0.5) is 0 Å². The molecule has 1 aliphatic carbocycles. The summed E-state index contributed by atoms with van der Waals surface area (Å²) < 4.78 is 0. The van der Waals surface area contributed by atoms with E-state index in [0.717, 1.165) is 6.42 Å². The van der Waals surface area contributed by atoms with Gasteiger partial charge >= 0.3 is 5.97 Å². The Morgan fingerprint density at radius 3 is 2.44 bits per heavy atom. The van der Waals surface area contributed by atoms with Crippen molar-refractivity contribution in [3.05, 3.63) is 0 Å². The normalized spacial score (nSPS) is 21.7. The number of carbonyl (C=O) groups is 2. The zero-order valence-electron chi connectivity index (χ0n) is 9.32. The fourth-order valence-electron chi connectivity index (χ4n) is 1.62. The van der Waals surface area contributed by atoms with Gasteiger partial charge in [-0.2, -0.15) is 0 Å². The maximum absolute atomic E-state index is 11.6. The number of nitrogens with one attached hydrogen (secondary N) is 1. The summed E-state index contributed by atoms with van der Waals surface area (Å²) in [5, 5.41) is 20.7. The number of carbonyl (C=O) groups excluding carboxylic acids is 1. The van der Waals surface area contributed by atoms with E-state index in [1.807, 2.05) is 0 Å². The Bertz CT molecular complexity index is 297. The van der Waals surface area contributed by atoms with Gasteiger partial charge in [-0.05, 0) is 26.2 Å². The molecule has 0 bridgehead atoms. The van der Waals surface area contributed by atoms with Crippen LogP contribution in [0.2, 0.25) is 0 Å². The highest BCUT2D eigenvalue weighted by Gasteiger charge is 2.40. The summed E-state index contributed by atoms with van der Waals surface area (Å²) >= 11 is 0. The lowest BCUT2D eigenvalue weighted by Gasteiger charge is -2.37. The highest BCUT2D eigenvalue weighted by atomic mass is 16.4. The third-order valence-electron chi connectivity index (χ3n) is 2.86. The highest BCUT2D eigenvalue weighted by molar-refractivity contribution is 5.87. The zero-order chi connectivity index (χ0) is 12.4. The fourth-order valence-corrected chi connectivity index (χ4v) is 1.62. The Morgan fingerprint density at radius 2 is 2.06 bits per heavy atom. The molecule has 0 aromatic rings. The number of hydrogen-bond donors (Lipinski definition) is 4. The third-order valence-corrected chi connectivity index (χ3v) is 2.86. The second-order valence-corrected chi connectivity index (χ2v) is 4.76. The summed E-state index contributed by atoms with van der Waals surface area (Å²) in [5.74, 6) is -1.42. The van der Waals surface area contributed by atoms with E-state index in [-0.39, 0.29) is 12.5 Å². The maximum atomic E-state index is 11.6. The van der Waals surface area contributed by atoms with Crippen LogP contribution >= 0.6 is 0 Å². The molecule has 0 aromatic heterocycles. The highest BCUT2D eigenvalue weighted by Crippen LogP contribution is 2.29. The van der Waals surface area contributed by atoms with E-state index in [9.17, 15) is 14.7 Å². The van der Waals surface area contributed by atoms with Crippen molar-refractivity contribution in [3.63, 3.8) is 0 Å². The Labute approximate surface area is 93.8 Å². The Balaban J connectivity index is 2.38. The van der Waals surface area contributed by atoms with Crippen LogP contribution in [-0.4, -0.2) is 39.8 Å². The van der Waals surface area contributed by atoms with Crippen molar-refractivity contribution < 1.29 is 19.8 Å². The van der Waals surface area contributed by atoms with Gasteiger partial charge in [0.1, 0.15) is 0 Å². The first-order valence-electron chi connectivity index (χ1n) is 5.27. The molecular formula is C10H18N2O4. The predicted octanol–water partition coefficient (Wildman–Crippen LogP) is -0.790. The zero-order valence-corrected chi connectivity index (χ0v) is 9.32. The van der Waals surface area contributed by atoms with Crippen LogP contribution < -0.4 is 11.1 Å². The molecule has 1 rings (SSSR count). The monoisotopic (exact) mass is 230 g/mol. The van der Waals surface area contributed by atoms with Crippen molar-refractivity contribution in [2.75, 3.05) is 6.54 Å². The number of carboxylic acid groups (broad SMARTS) is 1. The molecule has 0 heterocycles. The van der Waals surface area contributed by atoms with Crippen molar-refractivity contribution in [2.45, 2.75) is 43.7 Å². The van der Waals surface area contributed by atoms with Gasteiger partial charge in [0.05, 0.1) is 17.6 Å². The van der Waals surface area contributed by atoms with Gasteiger partial charge in [0.15, 0.2) is 0 Å². The minimum absolute atomic E-state index is 0.100. The standard InChI is InChI=1S/C10H18N2O4/c1-9(16,5-7(13)14)6-12-8(15)10(11)3-2-4-10/h16H,2-6,11H2,1H3,(H,12,15)(H,13,14). The number of aliphatic carboxylic acids is 1. The Hall–Kier alpha value is -1.14. The van der Waals surface area contributed by atoms with E-state index in [2.05, 4.69) is 5.32 Å². The van der Waals surface area contributed by atoms with Crippen molar-refractivity contribution in [3.8, 4) is 0 Å². The van der Waals surface area contributed by atoms with E-state index in [1.165, 1.54) is 6.92 Å². The lowest BCUT2D eigenvalue weighted by atomic mass is 9.77. The number of hydrogen-bond acceptors (Lipinski definition) is 4. The van der Waals surface area contributed by atoms with Gasteiger partial charge in [0.2, 0.25) is 5.91 Å². The SMILES string of the molecule is CC(O)(CNC(=O)C1(N)CCC1)CC(=O)O. The molecule has 0 spiro atoms. The third kappa shape index (κ3) is 3.18. The van der Waals surface area contributed by atoms with Gasteiger partial charge in [-0.25, -0.2) is 0 Å². The molecule has 1 amide bonds. The molecule has 0 saturated heterocycles. The number of carboxylic acids is 1. The second-order valence-electron chi connectivity index (χ2n) is 4.76. The Kier molecular flexibility index (Phi) is 3.54. The van der Waals surface area contributed by atoms with Crippen LogP contribution in [0.25, 0.3) is 0 Å². The molecule has 0 aliphatic heterocycles. The molecule has 5 N–H and O–H groups in total. The van der Waals surface area contributed by atoms with Crippen molar-refractivity contribution >= 4 is 11.9 Å². The first-order valence-corrected chi connectivity index (χ1v) is 5.27. The number of amides is 1. The van der Waals surface area contributed by atoms with Crippen molar-refractivity contribution in [1.29, 1.82) is 0 Å². The van der Waals surface area contributed by atoms with E-state index in [0.29, 0.717) is 12.8 Å². The largest absolute Gasteiger partial charge is 0.481 e. The van der Waals surface area contributed by atoms with Gasteiger partial charge < -0.3 is 21.3 Å². The average Bonchev–Trinajstić information content (AvgIpc) is 2.08. The summed E-state index contributed by atoms with van der Waals surface area (Å²) in [6.45, 7) is 1.27. The van der Waals surface area contributed by atoms with E-state index >= 15 is 0 Å². The molecule has 6 heteroatoms. The van der Waals surface area contributed by atoms with Crippen LogP contribution in [0.15, 0.2) is 0 Å². The fraction of sp³-hybridized carbons (Fsp3) is 0.800. The molecule has 1 unspecified atom stereocenters. The molecular weight excluding hydrogens is 212 g/mol. The van der Waals surface area contributed by atoms with Crippen LogP contribution in [-0.2, 0) is 9.59 Å². The quantitative estimate of drug-likeness (QED) is 0.494. The molecule has 1 aliphatic rings. The molecule has 1 saturated carbocycles. The van der Waals surface area contributed by atoms with Crippen LogP contribution in [0.1, 0.15) is 32.6 Å². The van der Waals surface area contributed by atoms with E-state index < -0.39 is 23.5 Å². The molecule has 1 fully saturated rings. The van der Waals surface area contributed by atoms with Crippen LogP contribution in [0, 0.1) is 0 Å². The van der Waals surface area contributed by atoms with Crippen LogP contribution in [0.3, 0.4) is 0 Å². The smallest absolute Gasteiger partial charge is 0.306 e. The maximum Gasteiger partial charge on any atom is 0.306 e. The second kappa shape index (κ2) is 4.39. The summed E-state index contributed by atoms with van der Waals surface area (Å²) in [5.41, 5.74) is 3.50. The average molecular weight is 230 g/mol. The van der Waals surface area contributed by atoms with Gasteiger partial charge in [-0.3, -0.25) is 9.59 Å². The molecule has 1 atom stereocenters. The van der Waals surface area contributed by atoms with Gasteiger partial charge in [-0.1, -0.05) is 0 Å². The first-order chi connectivity index (χ1) is 7.25. The summed E-state index contributed by atoms with van der Waals surface area (Å²) in [4.78, 5) is 22.0. The number of rotatable bonds is 5. The predicted molar refractivity (Wildman–Crippen MR) is 56.7 cm³/mol. The summed E-state index contributed by atoms with van der Waals surface area (Å²) in [6.07, 6.45) is 1.79. The molecule has 16 heavy (non-hydrogen) atoms. The molecule has 92 valence electrons. The minimum atomic E-state index is -1.44. The summed E-state index contributed by atoms with van der Waals surface area (Å²) in [7, 11) is 0. The number of aliphatic hydroxyl groups is 1. The van der Waals surface area contributed by atoms with E-state index in [1.54, 1.807) is 0 Å². The molecule has 6 nitrogen and oxygen atoms in total. The Morgan fingerprint density at radius 1 is 1.50 bits per heavy atom. The molecule has 0 aromatic carbocycles. The summed E-state index contributed by atoms with van der Waals surface area (Å²) in [6, 6.07) is 0. The number of nitrogens with two attached hydrogens (primary N) is 1. The van der Waals surface area contributed by atoms with E-state index in [4.69, 9.17) is 10.8 Å². The minimum Gasteiger partial charge on any atom is -0.481 e. The first kappa shape index (κ1) is 12.9. The van der Waals surface area contributed by atoms with Gasteiger partial charge in [0.25, 0.3) is 0 Å². The topological polar surface area (TPSA) is 113 Å². The van der Waals surface area contributed by atoms with Gasteiger partial charge in [0, 0.05) is 6.54 Å². The van der Waals surface area contributed by atoms with Crippen molar-refractivity contribution in [2.24, 2.45) is 5.73 Å². The van der Waals surface area contributed by atoms with Crippen molar-refractivity contribution in [1.82, 2.24) is 5.32 Å². The molecule has 0 radical (unpaired) electrons. The van der Waals surface area contributed by atoms with Gasteiger partial charge in [-0.15, -0.1) is 0 Å². The lowest BCUT2D eigenvalue weighted by Crippen LogP contribution is -2.60.